The number of benzene rings is 1. The third kappa shape index (κ3) is 3.20. The number of nitrogens with two attached hydrogens (primary N) is 1. The lowest BCUT2D eigenvalue weighted by Gasteiger charge is -2.37. The van der Waals surface area contributed by atoms with Gasteiger partial charge in [-0.15, -0.1) is 0 Å². The zero-order chi connectivity index (χ0) is 13.1. The van der Waals surface area contributed by atoms with Crippen LogP contribution in [-0.4, -0.2) is 30.2 Å². The van der Waals surface area contributed by atoms with Crippen LogP contribution in [0.15, 0.2) is 24.3 Å². The quantitative estimate of drug-likeness (QED) is 0.854. The van der Waals surface area contributed by atoms with Crippen molar-refractivity contribution in [3.05, 3.63) is 30.1 Å². The smallest absolute Gasteiger partial charge is 0.303 e. The molecule has 2 atom stereocenters. The van der Waals surface area contributed by atoms with Gasteiger partial charge in [0.15, 0.2) is 0 Å². The minimum absolute atomic E-state index is 0.0341. The second-order valence-corrected chi connectivity index (χ2v) is 4.84. The van der Waals surface area contributed by atoms with Crippen LogP contribution >= 0.6 is 0 Å². The van der Waals surface area contributed by atoms with E-state index in [1.165, 1.54) is 12.1 Å². The fourth-order valence-electron chi connectivity index (χ4n) is 2.50. The van der Waals surface area contributed by atoms with Crippen LogP contribution in [0, 0.1) is 11.7 Å². The fraction of sp³-hybridized carbons (Fsp3) is 0.462. The zero-order valence-corrected chi connectivity index (χ0v) is 10.1. The average Bonchev–Trinajstić information content (AvgIpc) is 2.28. The molecule has 1 aromatic carbocycles. The van der Waals surface area contributed by atoms with E-state index in [1.54, 1.807) is 12.1 Å². The van der Waals surface area contributed by atoms with Crippen LogP contribution in [0.1, 0.15) is 12.8 Å². The molecule has 98 valence electrons. The number of carbonyl (C=O) groups is 1. The van der Waals surface area contributed by atoms with Gasteiger partial charge in [-0.05, 0) is 36.6 Å². The van der Waals surface area contributed by atoms with Crippen LogP contribution in [0.3, 0.4) is 0 Å². The number of piperidine rings is 1. The van der Waals surface area contributed by atoms with Crippen molar-refractivity contribution in [2.24, 2.45) is 11.7 Å². The zero-order valence-electron chi connectivity index (χ0n) is 10.1. The second-order valence-electron chi connectivity index (χ2n) is 4.84. The molecule has 0 amide bonds. The number of carboxylic acids is 1. The van der Waals surface area contributed by atoms with E-state index in [4.69, 9.17) is 10.8 Å². The molecule has 2 rings (SSSR count). The molecule has 3 N–H and O–H groups in total. The first kappa shape index (κ1) is 12.8. The van der Waals surface area contributed by atoms with Gasteiger partial charge in [-0.25, -0.2) is 4.39 Å². The summed E-state index contributed by atoms with van der Waals surface area (Å²) < 4.78 is 12.9. The summed E-state index contributed by atoms with van der Waals surface area (Å²) in [7, 11) is 0. The van der Waals surface area contributed by atoms with Crippen molar-refractivity contribution < 1.29 is 14.3 Å². The summed E-state index contributed by atoms with van der Waals surface area (Å²) in [6.45, 7) is 1.34. The minimum Gasteiger partial charge on any atom is -0.481 e. The van der Waals surface area contributed by atoms with Crippen molar-refractivity contribution >= 4 is 11.7 Å². The Morgan fingerprint density at radius 1 is 1.39 bits per heavy atom. The molecule has 1 aromatic rings. The highest BCUT2D eigenvalue weighted by atomic mass is 19.1. The molecule has 0 radical (unpaired) electrons. The first-order valence-corrected chi connectivity index (χ1v) is 6.02. The number of hydrogen-bond acceptors (Lipinski definition) is 3. The second kappa shape index (κ2) is 5.35. The highest BCUT2D eigenvalue weighted by Crippen LogP contribution is 2.24. The Morgan fingerprint density at radius 3 is 2.67 bits per heavy atom. The minimum atomic E-state index is -0.798. The van der Waals surface area contributed by atoms with Crippen molar-refractivity contribution in [3.63, 3.8) is 0 Å². The largest absolute Gasteiger partial charge is 0.481 e. The van der Waals surface area contributed by atoms with E-state index in [0.29, 0.717) is 13.1 Å². The van der Waals surface area contributed by atoms with Crippen LogP contribution < -0.4 is 10.6 Å². The summed E-state index contributed by atoms with van der Waals surface area (Å²) in [6, 6.07) is 6.17. The molecule has 0 spiro atoms. The SMILES string of the molecule is NC1CC(CC(=O)O)CN(c2ccc(F)cc2)C1. The van der Waals surface area contributed by atoms with Crippen molar-refractivity contribution in [1.29, 1.82) is 0 Å². The predicted molar refractivity (Wildman–Crippen MR) is 66.9 cm³/mol. The first-order valence-electron chi connectivity index (χ1n) is 6.02. The average molecular weight is 252 g/mol. The van der Waals surface area contributed by atoms with E-state index >= 15 is 0 Å². The van der Waals surface area contributed by atoms with Crippen molar-refractivity contribution in [1.82, 2.24) is 0 Å². The van der Waals surface area contributed by atoms with Gasteiger partial charge in [-0.1, -0.05) is 0 Å². The molecule has 5 heteroatoms. The van der Waals surface area contributed by atoms with Gasteiger partial charge in [0.05, 0.1) is 0 Å². The molecule has 1 saturated heterocycles. The van der Waals surface area contributed by atoms with E-state index in [1.807, 2.05) is 4.90 Å². The van der Waals surface area contributed by atoms with E-state index in [-0.39, 0.29) is 24.2 Å². The van der Waals surface area contributed by atoms with Crippen LogP contribution in [0.2, 0.25) is 0 Å². The van der Waals surface area contributed by atoms with Crippen molar-refractivity contribution in [3.8, 4) is 0 Å². The molecule has 1 fully saturated rings. The van der Waals surface area contributed by atoms with Gasteiger partial charge in [0.1, 0.15) is 5.82 Å². The van der Waals surface area contributed by atoms with Crippen molar-refractivity contribution in [2.75, 3.05) is 18.0 Å². The molecule has 4 nitrogen and oxygen atoms in total. The van der Waals surface area contributed by atoms with E-state index in [9.17, 15) is 9.18 Å². The van der Waals surface area contributed by atoms with E-state index in [2.05, 4.69) is 0 Å². The number of carboxylic acid groups (broad SMARTS) is 1. The van der Waals surface area contributed by atoms with Crippen LogP contribution in [-0.2, 0) is 4.79 Å². The molecular formula is C13H17FN2O2. The maximum Gasteiger partial charge on any atom is 0.303 e. The summed E-state index contributed by atoms with van der Waals surface area (Å²) >= 11 is 0. The number of anilines is 1. The summed E-state index contributed by atoms with van der Waals surface area (Å²) in [5.41, 5.74) is 6.84. The van der Waals surface area contributed by atoms with Gasteiger partial charge in [-0.3, -0.25) is 4.79 Å². The van der Waals surface area contributed by atoms with Gasteiger partial charge >= 0.3 is 5.97 Å². The molecule has 2 unspecified atom stereocenters. The van der Waals surface area contributed by atoms with Crippen LogP contribution in [0.25, 0.3) is 0 Å². The lowest BCUT2D eigenvalue weighted by atomic mass is 9.91. The Morgan fingerprint density at radius 2 is 2.06 bits per heavy atom. The normalized spacial score (nSPS) is 24.0. The molecule has 1 aliphatic rings. The van der Waals surface area contributed by atoms with E-state index in [0.717, 1.165) is 12.1 Å². The molecule has 0 aromatic heterocycles. The third-order valence-corrected chi connectivity index (χ3v) is 3.22. The Balaban J connectivity index is 2.08. The topological polar surface area (TPSA) is 66.6 Å². The van der Waals surface area contributed by atoms with Gasteiger partial charge in [0, 0.05) is 31.2 Å². The van der Waals surface area contributed by atoms with Gasteiger partial charge in [0.2, 0.25) is 0 Å². The number of aliphatic carboxylic acids is 1. The Bertz CT molecular complexity index is 422. The number of rotatable bonds is 3. The van der Waals surface area contributed by atoms with Gasteiger partial charge < -0.3 is 15.7 Å². The molecule has 0 bridgehead atoms. The highest BCUT2D eigenvalue weighted by Gasteiger charge is 2.26. The Labute approximate surface area is 105 Å². The molecule has 1 aliphatic heterocycles. The summed E-state index contributed by atoms with van der Waals surface area (Å²) in [4.78, 5) is 12.8. The van der Waals surface area contributed by atoms with Crippen molar-refractivity contribution in [2.45, 2.75) is 18.9 Å². The highest BCUT2D eigenvalue weighted by molar-refractivity contribution is 5.67. The maximum atomic E-state index is 12.9. The molecule has 18 heavy (non-hydrogen) atoms. The van der Waals surface area contributed by atoms with Crippen LogP contribution in [0.5, 0.6) is 0 Å². The van der Waals surface area contributed by atoms with Crippen LogP contribution in [0.4, 0.5) is 10.1 Å². The summed E-state index contributed by atoms with van der Waals surface area (Å²) in [6.07, 6.45) is 0.857. The monoisotopic (exact) mass is 252 g/mol. The molecular weight excluding hydrogens is 235 g/mol. The lowest BCUT2D eigenvalue weighted by Crippen LogP contribution is -2.47. The van der Waals surface area contributed by atoms with Gasteiger partial charge in [0.25, 0.3) is 0 Å². The number of hydrogen-bond donors (Lipinski definition) is 2. The van der Waals surface area contributed by atoms with Gasteiger partial charge in [-0.2, -0.15) is 0 Å². The Kier molecular flexibility index (Phi) is 3.81. The number of halogens is 1. The molecule has 0 saturated carbocycles. The summed E-state index contributed by atoms with van der Waals surface area (Å²) in [5, 5.41) is 8.84. The summed E-state index contributed by atoms with van der Waals surface area (Å²) in [5.74, 6) is -1.02. The lowest BCUT2D eigenvalue weighted by molar-refractivity contribution is -0.138. The first-order chi connectivity index (χ1) is 8.54. The predicted octanol–water partition coefficient (Wildman–Crippen LogP) is 1.45. The van der Waals surface area contributed by atoms with E-state index < -0.39 is 5.97 Å². The standard InChI is InChI=1S/C13H17FN2O2/c14-10-1-3-12(4-2-10)16-7-9(6-13(17)18)5-11(15)8-16/h1-4,9,11H,5-8,15H2,(H,17,18). The fourth-order valence-corrected chi connectivity index (χ4v) is 2.50. The molecule has 1 heterocycles. The number of nitrogens with zero attached hydrogens (tertiary/aromatic N) is 1. The Hall–Kier alpha value is -1.62. The molecule has 0 aliphatic carbocycles. The third-order valence-electron chi connectivity index (χ3n) is 3.22. The maximum absolute atomic E-state index is 12.9.